The summed E-state index contributed by atoms with van der Waals surface area (Å²) in [6, 6.07) is 20.5. The van der Waals surface area contributed by atoms with Crippen LogP contribution >= 0.6 is 0 Å². The molecule has 0 radical (unpaired) electrons. The van der Waals surface area contributed by atoms with Crippen LogP contribution in [0.25, 0.3) is 11.0 Å². The maximum atomic E-state index is 13.8. The standard InChI is InChI=1S/C27H23NO4/c1-16-12-17(2)22-21(13-16)32-26-23(25(22)29)24(19-10-7-11-20(14-19)31-3)28(27(26)30)15-18-8-5-4-6-9-18/h4-14,24H,15H2,1-3H3. The van der Waals surface area contributed by atoms with E-state index in [1.165, 1.54) is 0 Å². The van der Waals surface area contributed by atoms with Crippen molar-refractivity contribution in [1.29, 1.82) is 0 Å². The minimum Gasteiger partial charge on any atom is -0.497 e. The Hall–Kier alpha value is -3.86. The van der Waals surface area contributed by atoms with Gasteiger partial charge in [0.1, 0.15) is 11.3 Å². The summed E-state index contributed by atoms with van der Waals surface area (Å²) in [7, 11) is 1.60. The highest BCUT2D eigenvalue weighted by atomic mass is 16.5. The van der Waals surface area contributed by atoms with Gasteiger partial charge in [0.05, 0.1) is 24.1 Å². The molecule has 2 heterocycles. The van der Waals surface area contributed by atoms with Crippen molar-refractivity contribution in [3.8, 4) is 5.75 Å². The number of carbonyl (C=O) groups is 1. The molecule has 0 fully saturated rings. The predicted octanol–water partition coefficient (Wildman–Crippen LogP) is 5.16. The lowest BCUT2D eigenvalue weighted by molar-refractivity contribution is 0.0714. The van der Waals surface area contributed by atoms with E-state index in [2.05, 4.69) is 0 Å². The number of carbonyl (C=O) groups excluding carboxylic acids is 1. The third-order valence-corrected chi connectivity index (χ3v) is 6.02. The molecule has 160 valence electrons. The summed E-state index contributed by atoms with van der Waals surface area (Å²) >= 11 is 0. The van der Waals surface area contributed by atoms with Gasteiger partial charge in [0.15, 0.2) is 5.43 Å². The van der Waals surface area contributed by atoms with Crippen LogP contribution in [-0.4, -0.2) is 17.9 Å². The number of amides is 1. The van der Waals surface area contributed by atoms with Gasteiger partial charge >= 0.3 is 0 Å². The smallest absolute Gasteiger partial charge is 0.291 e. The number of fused-ring (bicyclic) bond motifs is 2. The van der Waals surface area contributed by atoms with Crippen LogP contribution in [0.4, 0.5) is 0 Å². The SMILES string of the molecule is COc1cccc(C2c3c(oc4cc(C)cc(C)c4c3=O)C(=O)N2Cc2ccccc2)c1. The summed E-state index contributed by atoms with van der Waals surface area (Å²) in [5.41, 5.74) is 4.29. The van der Waals surface area contributed by atoms with Crippen molar-refractivity contribution < 1.29 is 13.9 Å². The number of nitrogens with zero attached hydrogens (tertiary/aromatic N) is 1. The maximum Gasteiger partial charge on any atom is 0.291 e. The third-order valence-electron chi connectivity index (χ3n) is 6.02. The van der Waals surface area contributed by atoms with Crippen molar-refractivity contribution in [2.75, 3.05) is 7.11 Å². The Kier molecular flexibility index (Phi) is 4.82. The van der Waals surface area contributed by atoms with Gasteiger partial charge in [-0.25, -0.2) is 0 Å². The van der Waals surface area contributed by atoms with Crippen LogP contribution in [0.15, 0.2) is 75.9 Å². The lowest BCUT2D eigenvalue weighted by atomic mass is 9.96. The topological polar surface area (TPSA) is 59.8 Å². The lowest BCUT2D eigenvalue weighted by Crippen LogP contribution is -2.29. The normalized spacial score (nSPS) is 15.3. The van der Waals surface area contributed by atoms with Gasteiger partial charge in [-0.3, -0.25) is 9.59 Å². The van der Waals surface area contributed by atoms with E-state index in [1.54, 1.807) is 12.0 Å². The maximum absolute atomic E-state index is 13.8. The van der Waals surface area contributed by atoms with Gasteiger partial charge in [0.25, 0.3) is 5.91 Å². The minimum atomic E-state index is -0.561. The van der Waals surface area contributed by atoms with Gasteiger partial charge in [-0.05, 0) is 54.3 Å². The van der Waals surface area contributed by atoms with Gasteiger partial charge in [0, 0.05) is 6.54 Å². The lowest BCUT2D eigenvalue weighted by Gasteiger charge is -2.25. The fourth-order valence-electron chi connectivity index (χ4n) is 4.61. The van der Waals surface area contributed by atoms with E-state index in [4.69, 9.17) is 9.15 Å². The Morgan fingerprint density at radius 1 is 0.969 bits per heavy atom. The van der Waals surface area contributed by atoms with Crippen LogP contribution in [0, 0.1) is 13.8 Å². The fraction of sp³-hybridized carbons (Fsp3) is 0.185. The van der Waals surface area contributed by atoms with Gasteiger partial charge < -0.3 is 14.1 Å². The van der Waals surface area contributed by atoms with Crippen molar-refractivity contribution in [3.63, 3.8) is 0 Å². The molecule has 1 unspecified atom stereocenters. The van der Waals surface area contributed by atoms with Crippen molar-refractivity contribution >= 4 is 16.9 Å². The van der Waals surface area contributed by atoms with Gasteiger partial charge in [0.2, 0.25) is 5.76 Å². The highest BCUT2D eigenvalue weighted by Crippen LogP contribution is 2.40. The second kappa shape index (κ2) is 7.68. The summed E-state index contributed by atoms with van der Waals surface area (Å²) in [5, 5.41) is 0.525. The molecule has 5 heteroatoms. The first kappa shape index (κ1) is 20.1. The van der Waals surface area contributed by atoms with Crippen molar-refractivity contribution in [2.45, 2.75) is 26.4 Å². The van der Waals surface area contributed by atoms with Crippen LogP contribution < -0.4 is 10.2 Å². The van der Waals surface area contributed by atoms with E-state index in [1.807, 2.05) is 80.6 Å². The van der Waals surface area contributed by atoms with E-state index in [0.717, 1.165) is 22.3 Å². The number of benzene rings is 3. The Morgan fingerprint density at radius 2 is 1.75 bits per heavy atom. The highest BCUT2D eigenvalue weighted by molar-refractivity contribution is 5.99. The van der Waals surface area contributed by atoms with Crippen LogP contribution in [0.5, 0.6) is 5.75 Å². The molecule has 1 atom stereocenters. The largest absolute Gasteiger partial charge is 0.497 e. The van der Waals surface area contributed by atoms with Crippen LogP contribution in [-0.2, 0) is 6.54 Å². The summed E-state index contributed by atoms with van der Waals surface area (Å²) in [6.45, 7) is 4.21. The molecule has 32 heavy (non-hydrogen) atoms. The third kappa shape index (κ3) is 3.17. The molecule has 1 aromatic heterocycles. The summed E-state index contributed by atoms with van der Waals surface area (Å²) in [5.74, 6) is 0.506. The van der Waals surface area contributed by atoms with Crippen LogP contribution in [0.1, 0.15) is 44.4 Å². The summed E-state index contributed by atoms with van der Waals surface area (Å²) in [6.07, 6.45) is 0. The predicted molar refractivity (Wildman–Crippen MR) is 123 cm³/mol. The van der Waals surface area contributed by atoms with E-state index in [0.29, 0.717) is 28.8 Å². The van der Waals surface area contributed by atoms with Crippen molar-refractivity contribution in [3.05, 3.63) is 111 Å². The molecule has 3 aromatic carbocycles. The zero-order valence-corrected chi connectivity index (χ0v) is 18.2. The quantitative estimate of drug-likeness (QED) is 0.453. The van der Waals surface area contributed by atoms with E-state index in [9.17, 15) is 9.59 Å². The molecule has 4 aromatic rings. The van der Waals surface area contributed by atoms with Crippen molar-refractivity contribution in [1.82, 2.24) is 4.90 Å². The Morgan fingerprint density at radius 3 is 2.50 bits per heavy atom. The number of hydrogen-bond acceptors (Lipinski definition) is 4. The molecule has 1 aliphatic rings. The highest BCUT2D eigenvalue weighted by Gasteiger charge is 2.43. The van der Waals surface area contributed by atoms with Gasteiger partial charge in [-0.2, -0.15) is 0 Å². The molecule has 1 amide bonds. The molecular formula is C27H23NO4. The second-order valence-corrected chi connectivity index (χ2v) is 8.23. The monoisotopic (exact) mass is 425 g/mol. The second-order valence-electron chi connectivity index (χ2n) is 8.23. The fourth-order valence-corrected chi connectivity index (χ4v) is 4.61. The van der Waals surface area contributed by atoms with Gasteiger partial charge in [-0.15, -0.1) is 0 Å². The van der Waals surface area contributed by atoms with E-state index < -0.39 is 6.04 Å². The Labute approximate surface area is 185 Å². The first-order valence-corrected chi connectivity index (χ1v) is 10.5. The number of ether oxygens (including phenoxy) is 1. The van der Waals surface area contributed by atoms with Crippen molar-refractivity contribution in [2.24, 2.45) is 0 Å². The van der Waals surface area contributed by atoms with E-state index >= 15 is 0 Å². The Bertz CT molecular complexity index is 1400. The Balaban J connectivity index is 1.77. The first-order valence-electron chi connectivity index (χ1n) is 10.5. The molecule has 0 aliphatic carbocycles. The number of aryl methyl sites for hydroxylation is 2. The molecule has 0 saturated heterocycles. The summed E-state index contributed by atoms with van der Waals surface area (Å²) in [4.78, 5) is 29.0. The number of rotatable bonds is 4. The molecule has 0 N–H and O–H groups in total. The molecule has 0 bridgehead atoms. The van der Waals surface area contributed by atoms with Crippen LogP contribution in [0.2, 0.25) is 0 Å². The molecule has 5 rings (SSSR count). The average Bonchev–Trinajstić information content (AvgIpc) is 3.06. The van der Waals surface area contributed by atoms with Gasteiger partial charge in [-0.1, -0.05) is 48.5 Å². The average molecular weight is 425 g/mol. The molecule has 0 saturated carbocycles. The molecule has 5 nitrogen and oxygen atoms in total. The zero-order valence-electron chi connectivity index (χ0n) is 18.2. The van der Waals surface area contributed by atoms with E-state index in [-0.39, 0.29) is 17.1 Å². The zero-order chi connectivity index (χ0) is 22.4. The number of hydrogen-bond donors (Lipinski definition) is 0. The minimum absolute atomic E-state index is 0.122. The molecule has 1 aliphatic heterocycles. The first-order chi connectivity index (χ1) is 15.5. The number of methoxy groups -OCH3 is 1. The van der Waals surface area contributed by atoms with Crippen LogP contribution in [0.3, 0.4) is 0 Å². The summed E-state index contributed by atoms with van der Waals surface area (Å²) < 4.78 is 11.5. The molecular weight excluding hydrogens is 402 g/mol. The molecule has 0 spiro atoms.